The quantitative estimate of drug-likeness (QED) is 0.340. The number of ether oxygens (including phenoxy) is 1. The first kappa shape index (κ1) is 22.8. The van der Waals surface area contributed by atoms with Gasteiger partial charge in [-0.1, -0.05) is 41.6 Å². The van der Waals surface area contributed by atoms with Crippen LogP contribution in [-0.4, -0.2) is 50.5 Å². The molecule has 0 saturated heterocycles. The van der Waals surface area contributed by atoms with Gasteiger partial charge in [0.25, 0.3) is 0 Å². The van der Waals surface area contributed by atoms with Crippen LogP contribution in [0.1, 0.15) is 5.56 Å². The number of hydrogen-bond donors (Lipinski definition) is 0. The summed E-state index contributed by atoms with van der Waals surface area (Å²) in [6.45, 7) is 0.384. The lowest BCUT2D eigenvalue weighted by atomic mass is 10.2. The summed E-state index contributed by atoms with van der Waals surface area (Å²) in [6, 6.07) is 19.0. The molecule has 0 atom stereocenters. The van der Waals surface area contributed by atoms with Crippen molar-refractivity contribution in [1.82, 2.24) is 24.6 Å². The van der Waals surface area contributed by atoms with Gasteiger partial charge in [0.05, 0.1) is 12.9 Å². The van der Waals surface area contributed by atoms with Crippen LogP contribution in [0.25, 0.3) is 17.1 Å². The molecule has 0 aliphatic rings. The van der Waals surface area contributed by atoms with Gasteiger partial charge in [-0.05, 0) is 42.5 Å². The lowest BCUT2D eigenvalue weighted by molar-refractivity contribution is -0.127. The first-order valence-electron chi connectivity index (χ1n) is 10.2. The van der Waals surface area contributed by atoms with Crippen molar-refractivity contribution in [2.24, 2.45) is 0 Å². The highest BCUT2D eigenvalue weighted by molar-refractivity contribution is 7.99. The Kier molecular flexibility index (Phi) is 7.26. The summed E-state index contributed by atoms with van der Waals surface area (Å²) >= 11 is 7.46. The van der Waals surface area contributed by atoms with Gasteiger partial charge in [-0.15, -0.1) is 10.2 Å². The zero-order valence-electron chi connectivity index (χ0n) is 18.2. The Morgan fingerprint density at radius 2 is 1.94 bits per heavy atom. The Morgan fingerprint density at radius 1 is 1.12 bits per heavy atom. The summed E-state index contributed by atoms with van der Waals surface area (Å²) in [4.78, 5) is 18.7. The molecule has 0 aliphatic carbocycles. The van der Waals surface area contributed by atoms with Crippen LogP contribution in [0, 0.1) is 0 Å². The van der Waals surface area contributed by atoms with E-state index in [0.717, 1.165) is 16.8 Å². The van der Waals surface area contributed by atoms with Crippen LogP contribution in [0.4, 0.5) is 0 Å². The number of pyridine rings is 1. The van der Waals surface area contributed by atoms with Crippen molar-refractivity contribution in [3.05, 3.63) is 83.6 Å². The van der Waals surface area contributed by atoms with Crippen LogP contribution in [0.5, 0.6) is 5.75 Å². The number of nitrogens with zero attached hydrogens (tertiary/aromatic N) is 5. The maximum Gasteiger partial charge on any atom is 0.233 e. The van der Waals surface area contributed by atoms with E-state index in [4.69, 9.17) is 16.3 Å². The van der Waals surface area contributed by atoms with E-state index < -0.39 is 0 Å². The van der Waals surface area contributed by atoms with Crippen molar-refractivity contribution in [2.45, 2.75) is 11.7 Å². The molecule has 2 aromatic carbocycles. The molecule has 0 N–H and O–H groups in total. The largest absolute Gasteiger partial charge is 0.496 e. The molecule has 9 heteroatoms. The summed E-state index contributed by atoms with van der Waals surface area (Å²) in [5, 5.41) is 9.97. The number of halogens is 1. The third kappa shape index (κ3) is 5.35. The van der Waals surface area contributed by atoms with Crippen molar-refractivity contribution in [3.63, 3.8) is 0 Å². The van der Waals surface area contributed by atoms with Crippen molar-refractivity contribution in [2.75, 3.05) is 19.9 Å². The molecule has 4 aromatic rings. The topological polar surface area (TPSA) is 73.1 Å². The van der Waals surface area contributed by atoms with E-state index in [-0.39, 0.29) is 11.7 Å². The van der Waals surface area contributed by atoms with Crippen molar-refractivity contribution >= 4 is 29.3 Å². The Balaban J connectivity index is 1.53. The van der Waals surface area contributed by atoms with Crippen molar-refractivity contribution < 1.29 is 9.53 Å². The fraction of sp³-hybridized carbons (Fsp3) is 0.167. The normalized spacial score (nSPS) is 10.8. The van der Waals surface area contributed by atoms with Crippen LogP contribution in [0.3, 0.4) is 0 Å². The van der Waals surface area contributed by atoms with E-state index >= 15 is 0 Å². The molecule has 33 heavy (non-hydrogen) atoms. The van der Waals surface area contributed by atoms with Crippen molar-refractivity contribution in [3.8, 4) is 22.8 Å². The van der Waals surface area contributed by atoms with Gasteiger partial charge in [0, 0.05) is 47.8 Å². The standard InChI is InChI=1S/C24H22ClN5O2S/c1-29(15-18-13-19(25)10-11-21(18)32-2)22(31)16-33-24-28-27-23(17-7-6-12-26-14-17)30(24)20-8-4-3-5-9-20/h3-14H,15-16H2,1-2H3. The molecule has 0 radical (unpaired) electrons. The second-order valence-electron chi connectivity index (χ2n) is 7.21. The molecular weight excluding hydrogens is 458 g/mol. The van der Waals surface area contributed by atoms with E-state index in [9.17, 15) is 4.79 Å². The second-order valence-corrected chi connectivity index (χ2v) is 8.59. The third-order valence-electron chi connectivity index (χ3n) is 4.97. The second kappa shape index (κ2) is 10.5. The summed E-state index contributed by atoms with van der Waals surface area (Å²) in [5.74, 6) is 1.52. The molecule has 0 unspecified atom stereocenters. The zero-order chi connectivity index (χ0) is 23.2. The number of para-hydroxylation sites is 1. The average molecular weight is 480 g/mol. The minimum atomic E-state index is -0.0485. The predicted octanol–water partition coefficient (Wildman–Crippen LogP) is 4.74. The van der Waals surface area contributed by atoms with E-state index in [2.05, 4.69) is 15.2 Å². The van der Waals surface area contributed by atoms with Crippen LogP contribution >= 0.6 is 23.4 Å². The summed E-state index contributed by atoms with van der Waals surface area (Å²) in [7, 11) is 3.35. The number of rotatable bonds is 8. The maximum atomic E-state index is 12.9. The molecule has 168 valence electrons. The molecule has 0 spiro atoms. The number of carbonyl (C=O) groups excluding carboxylic acids is 1. The van der Waals surface area contributed by atoms with Crippen LogP contribution in [0.2, 0.25) is 5.02 Å². The number of amides is 1. The number of thioether (sulfide) groups is 1. The maximum absolute atomic E-state index is 12.9. The number of carbonyl (C=O) groups is 1. The van der Waals surface area contributed by atoms with Gasteiger partial charge in [-0.25, -0.2) is 0 Å². The first-order valence-corrected chi connectivity index (χ1v) is 11.5. The van der Waals surface area contributed by atoms with Crippen LogP contribution in [-0.2, 0) is 11.3 Å². The Hall–Kier alpha value is -3.36. The van der Waals surface area contributed by atoms with Crippen LogP contribution in [0.15, 0.2) is 78.2 Å². The summed E-state index contributed by atoms with van der Waals surface area (Å²) in [5.41, 5.74) is 2.60. The molecule has 0 fully saturated rings. The average Bonchev–Trinajstić information content (AvgIpc) is 3.27. The monoisotopic (exact) mass is 479 g/mol. The number of aromatic nitrogens is 4. The molecule has 0 aliphatic heterocycles. The molecular formula is C24H22ClN5O2S. The minimum Gasteiger partial charge on any atom is -0.496 e. The van der Waals surface area contributed by atoms with E-state index in [1.807, 2.05) is 53.1 Å². The molecule has 0 saturated carbocycles. The van der Waals surface area contributed by atoms with Gasteiger partial charge in [0.15, 0.2) is 11.0 Å². The third-order valence-corrected chi connectivity index (χ3v) is 6.12. The highest BCUT2D eigenvalue weighted by atomic mass is 35.5. The van der Waals surface area contributed by atoms with Gasteiger partial charge in [-0.2, -0.15) is 0 Å². The molecule has 7 nitrogen and oxygen atoms in total. The lowest BCUT2D eigenvalue weighted by Gasteiger charge is -2.19. The van der Waals surface area contributed by atoms with Gasteiger partial charge in [-0.3, -0.25) is 14.3 Å². The Bertz CT molecular complexity index is 1230. The predicted molar refractivity (Wildman–Crippen MR) is 130 cm³/mol. The summed E-state index contributed by atoms with van der Waals surface area (Å²) < 4.78 is 7.33. The lowest BCUT2D eigenvalue weighted by Crippen LogP contribution is -2.28. The van der Waals surface area contributed by atoms with Crippen LogP contribution < -0.4 is 4.74 Å². The van der Waals surface area contributed by atoms with Gasteiger partial charge in [0.1, 0.15) is 5.75 Å². The van der Waals surface area contributed by atoms with Gasteiger partial charge < -0.3 is 9.64 Å². The first-order chi connectivity index (χ1) is 16.1. The molecule has 1 amide bonds. The number of hydrogen-bond acceptors (Lipinski definition) is 6. The summed E-state index contributed by atoms with van der Waals surface area (Å²) in [6.07, 6.45) is 3.46. The molecule has 2 aromatic heterocycles. The molecule has 4 rings (SSSR count). The SMILES string of the molecule is COc1ccc(Cl)cc1CN(C)C(=O)CSc1nnc(-c2cccnc2)n1-c1ccccc1. The number of benzene rings is 2. The number of methoxy groups -OCH3 is 1. The van der Waals surface area contributed by atoms with Gasteiger partial charge in [0.2, 0.25) is 5.91 Å². The van der Waals surface area contributed by atoms with Gasteiger partial charge >= 0.3 is 0 Å². The zero-order valence-corrected chi connectivity index (χ0v) is 19.8. The van der Waals surface area contributed by atoms with E-state index in [1.54, 1.807) is 43.6 Å². The molecule has 0 bridgehead atoms. The van der Waals surface area contributed by atoms with Crippen molar-refractivity contribution in [1.29, 1.82) is 0 Å². The highest BCUT2D eigenvalue weighted by Gasteiger charge is 2.19. The smallest absolute Gasteiger partial charge is 0.233 e. The Morgan fingerprint density at radius 3 is 2.67 bits per heavy atom. The van der Waals surface area contributed by atoms with E-state index in [1.165, 1.54) is 11.8 Å². The Labute approximate surface area is 201 Å². The highest BCUT2D eigenvalue weighted by Crippen LogP contribution is 2.28. The molecule has 2 heterocycles. The fourth-order valence-corrected chi connectivity index (χ4v) is 4.39. The fourth-order valence-electron chi connectivity index (χ4n) is 3.31. The van der Waals surface area contributed by atoms with E-state index in [0.29, 0.717) is 28.3 Å². The minimum absolute atomic E-state index is 0.0485.